The van der Waals surface area contributed by atoms with Crippen LogP contribution in [0.25, 0.3) is 0 Å². The van der Waals surface area contributed by atoms with E-state index in [1.165, 1.54) is 18.4 Å². The minimum Gasteiger partial charge on any atom is -0.468 e. The van der Waals surface area contributed by atoms with Crippen LogP contribution in [-0.2, 0) is 42.9 Å². The van der Waals surface area contributed by atoms with Crippen molar-refractivity contribution in [2.75, 3.05) is 28.4 Å². The molecule has 1 fully saturated rings. The summed E-state index contributed by atoms with van der Waals surface area (Å²) in [5.41, 5.74) is -3.22. The maximum atomic E-state index is 13.5. The first-order valence-corrected chi connectivity index (χ1v) is 10.3. The number of amides is 1. The second-order valence-electron chi connectivity index (χ2n) is 8.56. The zero-order valence-electron chi connectivity index (χ0n) is 20.1. The third-order valence-corrected chi connectivity index (χ3v) is 5.44. The fourth-order valence-corrected chi connectivity index (χ4v) is 4.13. The van der Waals surface area contributed by atoms with Crippen molar-refractivity contribution >= 4 is 30.0 Å². The van der Waals surface area contributed by atoms with Crippen LogP contribution in [0, 0.1) is 11.3 Å². The molecule has 0 spiro atoms. The van der Waals surface area contributed by atoms with Gasteiger partial charge >= 0.3 is 30.0 Å². The summed E-state index contributed by atoms with van der Waals surface area (Å²) in [5.74, 6) is -5.95. The Labute approximate surface area is 196 Å². The first-order valence-electron chi connectivity index (χ1n) is 10.3. The van der Waals surface area contributed by atoms with E-state index in [4.69, 9.17) is 28.1 Å². The average molecular weight is 483 g/mol. The van der Waals surface area contributed by atoms with Crippen LogP contribution < -0.4 is 0 Å². The van der Waals surface area contributed by atoms with Gasteiger partial charge in [-0.05, 0) is 39.3 Å². The molecule has 1 aliphatic rings. The molecule has 0 unspecified atom stereocenters. The van der Waals surface area contributed by atoms with Crippen molar-refractivity contribution in [2.45, 2.75) is 44.9 Å². The van der Waals surface area contributed by atoms with Crippen LogP contribution in [0.5, 0.6) is 0 Å². The lowest BCUT2D eigenvalue weighted by molar-refractivity contribution is -0.172. The number of hydrogen-bond acceptors (Lipinski definition) is 11. The van der Waals surface area contributed by atoms with Crippen LogP contribution in [0.1, 0.15) is 39.0 Å². The molecule has 1 aromatic rings. The maximum absolute atomic E-state index is 13.5. The summed E-state index contributed by atoms with van der Waals surface area (Å²) < 4.78 is 30.4. The Bertz CT molecular complexity index is 899. The summed E-state index contributed by atoms with van der Waals surface area (Å²) >= 11 is 0. The molecule has 1 amide bonds. The molecule has 0 N–H and O–H groups in total. The van der Waals surface area contributed by atoms with Crippen LogP contribution in [0.4, 0.5) is 4.79 Å². The Hall–Kier alpha value is -3.57. The molecule has 1 aliphatic heterocycles. The molecular formula is C22H29NO11. The molecule has 0 aromatic carbocycles. The van der Waals surface area contributed by atoms with Gasteiger partial charge in [0, 0.05) is 0 Å². The summed E-state index contributed by atoms with van der Waals surface area (Å²) in [6.07, 6.45) is -0.300. The fraction of sp³-hybridized carbons (Fsp3) is 0.591. The minimum absolute atomic E-state index is 0.00218. The van der Waals surface area contributed by atoms with Crippen molar-refractivity contribution in [1.82, 2.24) is 4.90 Å². The third-order valence-electron chi connectivity index (χ3n) is 5.44. The topological polar surface area (TPSA) is 148 Å². The highest BCUT2D eigenvalue weighted by Crippen LogP contribution is 2.54. The lowest BCUT2D eigenvalue weighted by Gasteiger charge is -2.35. The number of carbonyl (C=O) groups is 5. The van der Waals surface area contributed by atoms with E-state index in [1.54, 1.807) is 20.8 Å². The monoisotopic (exact) mass is 483 g/mol. The Balaban J connectivity index is 2.88. The first kappa shape index (κ1) is 26.7. The fourth-order valence-electron chi connectivity index (χ4n) is 4.13. The molecule has 34 heavy (non-hydrogen) atoms. The summed E-state index contributed by atoms with van der Waals surface area (Å²) in [5, 5.41) is 0. The van der Waals surface area contributed by atoms with Crippen LogP contribution in [0.2, 0.25) is 0 Å². The number of carbonyl (C=O) groups excluding carboxylic acids is 5. The predicted molar refractivity (Wildman–Crippen MR) is 112 cm³/mol. The van der Waals surface area contributed by atoms with E-state index in [1.807, 2.05) is 0 Å². The van der Waals surface area contributed by atoms with E-state index in [0.717, 1.165) is 33.3 Å². The van der Waals surface area contributed by atoms with E-state index in [-0.39, 0.29) is 5.76 Å². The highest BCUT2D eigenvalue weighted by atomic mass is 16.6. The quantitative estimate of drug-likeness (QED) is 0.330. The van der Waals surface area contributed by atoms with Gasteiger partial charge < -0.3 is 28.1 Å². The van der Waals surface area contributed by atoms with Crippen LogP contribution >= 0.6 is 0 Å². The van der Waals surface area contributed by atoms with Crippen molar-refractivity contribution in [3.05, 3.63) is 24.2 Å². The minimum atomic E-state index is -2.21. The highest BCUT2D eigenvalue weighted by Gasteiger charge is 2.69. The van der Waals surface area contributed by atoms with Gasteiger partial charge in [-0.3, -0.25) is 24.1 Å². The van der Waals surface area contributed by atoms with Crippen LogP contribution in [0.15, 0.2) is 22.8 Å². The molecule has 1 aromatic heterocycles. The molecule has 2 atom stereocenters. The van der Waals surface area contributed by atoms with Gasteiger partial charge in [0.15, 0.2) is 11.3 Å². The van der Waals surface area contributed by atoms with Crippen LogP contribution in [0.3, 0.4) is 0 Å². The number of nitrogens with zero attached hydrogens (tertiary/aromatic N) is 1. The van der Waals surface area contributed by atoms with E-state index in [9.17, 15) is 24.0 Å². The second-order valence-corrected chi connectivity index (χ2v) is 8.56. The Kier molecular flexibility index (Phi) is 7.96. The van der Waals surface area contributed by atoms with Crippen molar-refractivity contribution in [1.29, 1.82) is 0 Å². The predicted octanol–water partition coefficient (Wildman–Crippen LogP) is 1.62. The van der Waals surface area contributed by atoms with Crippen LogP contribution in [-0.4, -0.2) is 75.0 Å². The van der Waals surface area contributed by atoms with Gasteiger partial charge in [-0.15, -0.1) is 0 Å². The Morgan fingerprint density at radius 1 is 0.971 bits per heavy atom. The van der Waals surface area contributed by atoms with Gasteiger partial charge in [0.05, 0.1) is 40.7 Å². The molecule has 1 saturated heterocycles. The van der Waals surface area contributed by atoms with E-state index in [2.05, 4.69) is 0 Å². The summed E-state index contributed by atoms with van der Waals surface area (Å²) in [4.78, 5) is 66.1. The molecule has 12 nitrogen and oxygen atoms in total. The number of likely N-dealkylation sites (tertiary alicyclic amines) is 1. The van der Waals surface area contributed by atoms with Crippen molar-refractivity contribution in [3.8, 4) is 0 Å². The largest absolute Gasteiger partial charge is 0.468 e. The average Bonchev–Trinajstić information content (AvgIpc) is 3.43. The summed E-state index contributed by atoms with van der Waals surface area (Å²) in [7, 11) is 4.19. The first-order chi connectivity index (χ1) is 15.9. The molecular weight excluding hydrogens is 454 g/mol. The Morgan fingerprint density at radius 2 is 1.50 bits per heavy atom. The Morgan fingerprint density at radius 3 is 1.88 bits per heavy atom. The highest BCUT2D eigenvalue weighted by molar-refractivity contribution is 6.03. The third kappa shape index (κ3) is 4.70. The number of esters is 4. The molecule has 2 heterocycles. The number of hydrogen-bond donors (Lipinski definition) is 0. The number of rotatable bonds is 6. The SMILES string of the molecule is COC(=O)C(C(=O)OC)[C@H]1CC(C(=O)OC)(C(=O)OC)[C@@H](c2ccco2)N1C(=O)OC(C)(C)C. The standard InChI is InChI=1S/C22H29NO11/c1-21(2,3)34-20(28)23-12(14(16(24)29-4)17(25)30-5)11-22(18(26)31-6,19(27)32-7)15(23)13-9-8-10-33-13/h8-10,12,14-15H,11H2,1-7H3/t12-,15-/m1/s1. The van der Waals surface area contributed by atoms with Gasteiger partial charge in [0.2, 0.25) is 0 Å². The molecule has 0 bridgehead atoms. The molecule has 0 radical (unpaired) electrons. The number of furan rings is 1. The van der Waals surface area contributed by atoms with E-state index < -0.39 is 65.4 Å². The summed E-state index contributed by atoms with van der Waals surface area (Å²) in [6, 6.07) is -0.00828. The van der Waals surface area contributed by atoms with Gasteiger partial charge in [0.25, 0.3) is 0 Å². The molecule has 0 aliphatic carbocycles. The van der Waals surface area contributed by atoms with Gasteiger partial charge in [-0.1, -0.05) is 0 Å². The molecule has 188 valence electrons. The lowest BCUT2D eigenvalue weighted by atomic mass is 9.77. The molecule has 0 saturated carbocycles. The van der Waals surface area contributed by atoms with Gasteiger partial charge in [-0.2, -0.15) is 0 Å². The zero-order valence-corrected chi connectivity index (χ0v) is 20.1. The zero-order chi connectivity index (χ0) is 25.8. The van der Waals surface area contributed by atoms with Crippen molar-refractivity contribution in [2.24, 2.45) is 11.3 Å². The number of methoxy groups -OCH3 is 4. The van der Waals surface area contributed by atoms with Gasteiger partial charge in [-0.25, -0.2) is 4.79 Å². The normalized spacial score (nSPS) is 19.4. The molecule has 2 rings (SSSR count). The van der Waals surface area contributed by atoms with Crippen molar-refractivity contribution in [3.63, 3.8) is 0 Å². The van der Waals surface area contributed by atoms with Gasteiger partial charge in [0.1, 0.15) is 17.4 Å². The smallest absolute Gasteiger partial charge is 0.411 e. The molecule has 12 heteroatoms. The second kappa shape index (κ2) is 10.1. The summed E-state index contributed by atoms with van der Waals surface area (Å²) in [6.45, 7) is 4.80. The maximum Gasteiger partial charge on any atom is 0.411 e. The lowest BCUT2D eigenvalue weighted by Crippen LogP contribution is -2.50. The van der Waals surface area contributed by atoms with E-state index in [0.29, 0.717) is 0 Å². The number of ether oxygens (including phenoxy) is 5. The van der Waals surface area contributed by atoms with Crippen molar-refractivity contribution < 1.29 is 52.1 Å². The van der Waals surface area contributed by atoms with E-state index >= 15 is 0 Å².